The first kappa shape index (κ1) is 20.5. The molecule has 4 aromatic rings. The molecule has 4 rings (SSSR count). The molecule has 0 atom stereocenters. The second kappa shape index (κ2) is 8.91. The molecule has 0 saturated carbocycles. The average molecular weight is 423 g/mol. The molecule has 0 aliphatic rings. The number of pyridine rings is 1. The van der Waals surface area contributed by atoms with E-state index in [-0.39, 0.29) is 30.7 Å². The van der Waals surface area contributed by atoms with E-state index in [2.05, 4.69) is 0 Å². The zero-order valence-corrected chi connectivity index (χ0v) is 17.2. The number of fused-ring (bicyclic) bond motifs is 1. The number of halogens is 1. The summed E-state index contributed by atoms with van der Waals surface area (Å²) < 4.78 is 31.5. The summed E-state index contributed by atoms with van der Waals surface area (Å²) in [5, 5.41) is 0. The lowest BCUT2D eigenvalue weighted by molar-refractivity contribution is 0.0965. The Hall–Kier alpha value is -3.81. The molecule has 7 nitrogen and oxygen atoms in total. The van der Waals surface area contributed by atoms with Crippen molar-refractivity contribution in [3.8, 4) is 11.5 Å². The SMILES string of the molecule is CCc1nc2c(OCCOc3ccc(F)cc3)cccn2c1N(C)C(=O)c1ccco1. The summed E-state index contributed by atoms with van der Waals surface area (Å²) in [4.78, 5) is 19.0. The van der Waals surface area contributed by atoms with Crippen LogP contribution in [0.1, 0.15) is 23.2 Å². The summed E-state index contributed by atoms with van der Waals surface area (Å²) in [5.41, 5.74) is 1.37. The molecule has 31 heavy (non-hydrogen) atoms. The van der Waals surface area contributed by atoms with Gasteiger partial charge in [-0.2, -0.15) is 0 Å². The highest BCUT2D eigenvalue weighted by Gasteiger charge is 2.24. The molecule has 3 aromatic heterocycles. The fourth-order valence-electron chi connectivity index (χ4n) is 3.29. The number of anilines is 1. The molecular weight excluding hydrogens is 401 g/mol. The van der Waals surface area contributed by atoms with Gasteiger partial charge in [0.25, 0.3) is 5.91 Å². The molecule has 0 N–H and O–H groups in total. The second-order valence-electron chi connectivity index (χ2n) is 6.79. The minimum atomic E-state index is -0.312. The number of furan rings is 1. The summed E-state index contributed by atoms with van der Waals surface area (Å²) in [6, 6.07) is 12.8. The Labute approximate surface area is 178 Å². The standard InChI is InChI=1S/C23H22FN3O4/c1-3-18-22(26(2)23(28)20-7-5-13-30-20)27-12-4-6-19(21(27)25-18)31-15-14-29-17-10-8-16(24)9-11-17/h4-13H,3,14-15H2,1-2H3. The van der Waals surface area contributed by atoms with Crippen LogP contribution in [-0.2, 0) is 6.42 Å². The van der Waals surface area contributed by atoms with Gasteiger partial charge in [-0.05, 0) is 55.0 Å². The third kappa shape index (κ3) is 4.23. The van der Waals surface area contributed by atoms with Crippen LogP contribution in [0.15, 0.2) is 65.4 Å². The van der Waals surface area contributed by atoms with Crippen molar-refractivity contribution in [1.29, 1.82) is 0 Å². The number of aromatic nitrogens is 2. The molecular formula is C23H22FN3O4. The molecule has 0 aliphatic carbocycles. The molecule has 0 radical (unpaired) electrons. The van der Waals surface area contributed by atoms with E-state index in [1.54, 1.807) is 31.3 Å². The number of amides is 1. The number of aryl methyl sites for hydroxylation is 1. The summed E-state index contributed by atoms with van der Waals surface area (Å²) in [5.74, 6) is 1.48. The van der Waals surface area contributed by atoms with E-state index < -0.39 is 0 Å². The fraction of sp³-hybridized carbons (Fsp3) is 0.217. The van der Waals surface area contributed by atoms with E-state index in [1.807, 2.05) is 29.7 Å². The lowest BCUT2D eigenvalue weighted by Crippen LogP contribution is -2.28. The number of imidazole rings is 1. The van der Waals surface area contributed by atoms with Crippen molar-refractivity contribution < 1.29 is 23.1 Å². The summed E-state index contributed by atoms with van der Waals surface area (Å²) in [6.45, 7) is 2.55. The van der Waals surface area contributed by atoms with Gasteiger partial charge in [0.05, 0.1) is 12.0 Å². The van der Waals surface area contributed by atoms with Crippen LogP contribution in [0.4, 0.5) is 10.2 Å². The third-order valence-electron chi connectivity index (χ3n) is 4.77. The van der Waals surface area contributed by atoms with Crippen LogP contribution >= 0.6 is 0 Å². The molecule has 0 spiro atoms. The molecule has 160 valence electrons. The normalized spacial score (nSPS) is 10.9. The van der Waals surface area contributed by atoms with Gasteiger partial charge in [0.2, 0.25) is 0 Å². The number of ether oxygens (including phenoxy) is 2. The van der Waals surface area contributed by atoms with Crippen LogP contribution in [0.2, 0.25) is 0 Å². The monoisotopic (exact) mass is 423 g/mol. The van der Waals surface area contributed by atoms with Gasteiger partial charge in [-0.1, -0.05) is 6.92 Å². The van der Waals surface area contributed by atoms with Gasteiger partial charge < -0.3 is 13.9 Å². The van der Waals surface area contributed by atoms with E-state index in [9.17, 15) is 9.18 Å². The second-order valence-corrected chi connectivity index (χ2v) is 6.79. The van der Waals surface area contributed by atoms with Crippen LogP contribution in [0, 0.1) is 5.82 Å². The van der Waals surface area contributed by atoms with E-state index in [1.165, 1.54) is 23.3 Å². The third-order valence-corrected chi connectivity index (χ3v) is 4.77. The largest absolute Gasteiger partial charge is 0.490 e. The first-order valence-corrected chi connectivity index (χ1v) is 9.91. The summed E-state index contributed by atoms with van der Waals surface area (Å²) in [6.07, 6.45) is 3.95. The molecule has 8 heteroatoms. The Kier molecular flexibility index (Phi) is 5.88. The lowest BCUT2D eigenvalue weighted by Gasteiger charge is -2.17. The van der Waals surface area contributed by atoms with E-state index in [0.717, 1.165) is 5.69 Å². The quantitative estimate of drug-likeness (QED) is 0.394. The van der Waals surface area contributed by atoms with Gasteiger partial charge in [0.1, 0.15) is 30.6 Å². The highest BCUT2D eigenvalue weighted by Crippen LogP contribution is 2.29. The molecule has 0 saturated heterocycles. The first-order chi connectivity index (χ1) is 15.1. The van der Waals surface area contributed by atoms with Crippen molar-refractivity contribution in [3.05, 3.63) is 78.3 Å². The molecule has 0 fully saturated rings. The van der Waals surface area contributed by atoms with Gasteiger partial charge in [-0.25, -0.2) is 9.37 Å². The van der Waals surface area contributed by atoms with E-state index in [4.69, 9.17) is 18.9 Å². The van der Waals surface area contributed by atoms with E-state index in [0.29, 0.717) is 29.4 Å². The van der Waals surface area contributed by atoms with Crippen molar-refractivity contribution in [3.63, 3.8) is 0 Å². The highest BCUT2D eigenvalue weighted by molar-refractivity contribution is 6.03. The molecule has 0 bridgehead atoms. The van der Waals surface area contributed by atoms with Gasteiger partial charge >= 0.3 is 0 Å². The zero-order chi connectivity index (χ0) is 21.8. The van der Waals surface area contributed by atoms with Gasteiger partial charge in [0, 0.05) is 13.2 Å². The van der Waals surface area contributed by atoms with Gasteiger partial charge in [-0.15, -0.1) is 0 Å². The maximum atomic E-state index is 13.0. The van der Waals surface area contributed by atoms with Crippen molar-refractivity contribution in [2.45, 2.75) is 13.3 Å². The van der Waals surface area contributed by atoms with Crippen molar-refractivity contribution >= 4 is 17.4 Å². The van der Waals surface area contributed by atoms with Crippen LogP contribution < -0.4 is 14.4 Å². The first-order valence-electron chi connectivity index (χ1n) is 9.91. The smallest absolute Gasteiger partial charge is 0.294 e. The van der Waals surface area contributed by atoms with Gasteiger partial charge in [0.15, 0.2) is 17.2 Å². The number of carbonyl (C=O) groups is 1. The zero-order valence-electron chi connectivity index (χ0n) is 17.2. The maximum absolute atomic E-state index is 13.0. The topological polar surface area (TPSA) is 69.2 Å². The van der Waals surface area contributed by atoms with Crippen molar-refractivity contribution in [1.82, 2.24) is 9.38 Å². The van der Waals surface area contributed by atoms with Crippen LogP contribution in [-0.4, -0.2) is 35.6 Å². The summed E-state index contributed by atoms with van der Waals surface area (Å²) >= 11 is 0. The Morgan fingerprint density at radius 2 is 1.90 bits per heavy atom. The maximum Gasteiger partial charge on any atom is 0.294 e. The predicted molar refractivity (Wildman–Crippen MR) is 113 cm³/mol. The molecule has 1 aromatic carbocycles. The Balaban J connectivity index is 1.53. The predicted octanol–water partition coefficient (Wildman–Crippen LogP) is 4.36. The molecule has 3 heterocycles. The Morgan fingerprint density at radius 1 is 1.13 bits per heavy atom. The van der Waals surface area contributed by atoms with E-state index >= 15 is 0 Å². The molecule has 0 unspecified atom stereocenters. The lowest BCUT2D eigenvalue weighted by atomic mass is 10.3. The number of rotatable bonds is 8. The van der Waals surface area contributed by atoms with Crippen molar-refractivity contribution in [2.75, 3.05) is 25.2 Å². The fourth-order valence-corrected chi connectivity index (χ4v) is 3.29. The molecule has 1 amide bonds. The van der Waals surface area contributed by atoms with Crippen molar-refractivity contribution in [2.24, 2.45) is 0 Å². The van der Waals surface area contributed by atoms with Crippen LogP contribution in [0.5, 0.6) is 11.5 Å². The number of hydrogen-bond donors (Lipinski definition) is 0. The van der Waals surface area contributed by atoms with Crippen LogP contribution in [0.25, 0.3) is 5.65 Å². The number of carbonyl (C=O) groups excluding carboxylic acids is 1. The Morgan fingerprint density at radius 3 is 2.61 bits per heavy atom. The number of nitrogens with zero attached hydrogens (tertiary/aromatic N) is 3. The average Bonchev–Trinajstić information content (AvgIpc) is 3.45. The minimum absolute atomic E-state index is 0.254. The number of benzene rings is 1. The Bertz CT molecular complexity index is 1170. The van der Waals surface area contributed by atoms with Gasteiger partial charge in [-0.3, -0.25) is 14.1 Å². The minimum Gasteiger partial charge on any atom is -0.490 e. The highest BCUT2D eigenvalue weighted by atomic mass is 19.1. The summed E-state index contributed by atoms with van der Waals surface area (Å²) in [7, 11) is 1.69. The van der Waals surface area contributed by atoms with Crippen LogP contribution in [0.3, 0.4) is 0 Å². The molecule has 0 aliphatic heterocycles. The number of hydrogen-bond acceptors (Lipinski definition) is 5.